The third-order valence-corrected chi connectivity index (χ3v) is 6.19. The van der Waals surface area contributed by atoms with Crippen LogP contribution < -0.4 is 0 Å². The van der Waals surface area contributed by atoms with Crippen LogP contribution >= 0.6 is 0 Å². The first-order valence-corrected chi connectivity index (χ1v) is 9.49. The van der Waals surface area contributed by atoms with Crippen LogP contribution in [0.2, 0.25) is 0 Å². The zero-order valence-corrected chi connectivity index (χ0v) is 16.3. The number of quaternary nitrogens is 1. The Labute approximate surface area is 163 Å². The average molecular weight is 387 g/mol. The minimum absolute atomic E-state index is 0.254. The average Bonchev–Trinajstić information content (AvgIpc) is 3.26. The number of ether oxygens (including phenoxy) is 2. The maximum Gasteiger partial charge on any atom is 0.355 e. The number of esters is 2. The molecule has 5 atom stereocenters. The molecule has 0 amide bonds. The van der Waals surface area contributed by atoms with Crippen molar-refractivity contribution < 1.29 is 23.7 Å². The summed E-state index contributed by atoms with van der Waals surface area (Å²) in [6, 6.07) is 6.27. The number of aryl methyl sites for hydroxylation is 2. The van der Waals surface area contributed by atoms with E-state index in [0.717, 1.165) is 0 Å². The molecule has 2 bridgehead atoms. The SMILES string of the molecule is Cn1cccc1C(=O)O[C@H]1C[C@@H]2C[C@H](OC(=O)c3cccn3C)[C@H](C1)[N+]2(C)[O-]. The smallest absolute Gasteiger partial charge is 0.355 e. The molecule has 0 aliphatic carbocycles. The van der Waals surface area contributed by atoms with Crippen molar-refractivity contribution in [2.45, 2.75) is 43.6 Å². The van der Waals surface area contributed by atoms with Crippen molar-refractivity contribution >= 4 is 11.9 Å². The minimum atomic E-state index is -0.478. The van der Waals surface area contributed by atoms with Crippen molar-refractivity contribution in [1.82, 2.24) is 9.13 Å². The van der Waals surface area contributed by atoms with Gasteiger partial charge < -0.3 is 28.5 Å². The van der Waals surface area contributed by atoms with Crippen LogP contribution in [-0.4, -0.2) is 57.1 Å². The van der Waals surface area contributed by atoms with Crippen molar-refractivity contribution in [3.05, 3.63) is 53.3 Å². The highest BCUT2D eigenvalue weighted by Gasteiger charge is 2.55. The first-order chi connectivity index (χ1) is 13.3. The van der Waals surface area contributed by atoms with Crippen LogP contribution in [0, 0.1) is 5.21 Å². The molecule has 1 unspecified atom stereocenters. The molecule has 2 fully saturated rings. The molecule has 4 rings (SSSR count). The molecule has 2 aliphatic heterocycles. The van der Waals surface area contributed by atoms with Crippen molar-refractivity contribution in [3.8, 4) is 0 Å². The molecular formula is C20H25N3O5. The lowest BCUT2D eigenvalue weighted by Crippen LogP contribution is -2.56. The molecule has 2 saturated heterocycles. The van der Waals surface area contributed by atoms with E-state index in [0.29, 0.717) is 30.7 Å². The van der Waals surface area contributed by atoms with Gasteiger partial charge in [-0.3, -0.25) is 0 Å². The molecule has 2 aromatic heterocycles. The van der Waals surface area contributed by atoms with Gasteiger partial charge in [0.15, 0.2) is 6.10 Å². The summed E-state index contributed by atoms with van der Waals surface area (Å²) in [5, 5.41) is 13.1. The van der Waals surface area contributed by atoms with Crippen LogP contribution in [0.25, 0.3) is 0 Å². The predicted molar refractivity (Wildman–Crippen MR) is 100 cm³/mol. The van der Waals surface area contributed by atoms with Gasteiger partial charge in [0.2, 0.25) is 0 Å². The van der Waals surface area contributed by atoms with E-state index in [-0.39, 0.29) is 12.1 Å². The van der Waals surface area contributed by atoms with Gasteiger partial charge in [0.1, 0.15) is 23.5 Å². The third kappa shape index (κ3) is 3.12. The van der Waals surface area contributed by atoms with E-state index < -0.39 is 28.7 Å². The van der Waals surface area contributed by atoms with Crippen molar-refractivity contribution in [1.29, 1.82) is 0 Å². The lowest BCUT2D eigenvalue weighted by molar-refractivity contribution is -0.905. The van der Waals surface area contributed by atoms with Crippen LogP contribution in [0.3, 0.4) is 0 Å². The fourth-order valence-electron chi connectivity index (χ4n) is 4.55. The lowest BCUT2D eigenvalue weighted by atomic mass is 9.99. The molecule has 8 nitrogen and oxygen atoms in total. The minimum Gasteiger partial charge on any atom is -0.632 e. The molecule has 0 aromatic carbocycles. The number of rotatable bonds is 4. The fourth-order valence-corrected chi connectivity index (χ4v) is 4.55. The normalized spacial score (nSPS) is 31.6. The second-order valence-corrected chi connectivity index (χ2v) is 7.97. The van der Waals surface area contributed by atoms with Crippen LogP contribution in [0.15, 0.2) is 36.7 Å². The van der Waals surface area contributed by atoms with Crippen molar-refractivity contribution in [2.24, 2.45) is 14.1 Å². The van der Waals surface area contributed by atoms with Gasteiger partial charge in [-0.25, -0.2) is 9.59 Å². The van der Waals surface area contributed by atoms with E-state index in [4.69, 9.17) is 9.47 Å². The highest BCUT2D eigenvalue weighted by atomic mass is 16.6. The number of hydroxylamine groups is 3. The number of hydrogen-bond acceptors (Lipinski definition) is 5. The van der Waals surface area contributed by atoms with E-state index in [1.807, 2.05) is 0 Å². The molecule has 28 heavy (non-hydrogen) atoms. The maximum absolute atomic E-state index is 13.1. The summed E-state index contributed by atoms with van der Waals surface area (Å²) in [7, 11) is 5.18. The van der Waals surface area contributed by atoms with Crippen LogP contribution in [0.1, 0.15) is 40.2 Å². The Balaban J connectivity index is 1.46. The summed E-state index contributed by atoms with van der Waals surface area (Å²) < 4.78 is 14.3. The Hall–Kier alpha value is -2.58. The number of aromatic nitrogens is 2. The van der Waals surface area contributed by atoms with Crippen molar-refractivity contribution in [2.75, 3.05) is 7.05 Å². The van der Waals surface area contributed by atoms with Gasteiger partial charge in [-0.15, -0.1) is 0 Å². The predicted octanol–water partition coefficient (Wildman–Crippen LogP) is 1.99. The highest BCUT2D eigenvalue weighted by molar-refractivity contribution is 5.88. The molecule has 0 saturated carbocycles. The van der Waals surface area contributed by atoms with Crippen LogP contribution in [-0.2, 0) is 23.6 Å². The van der Waals surface area contributed by atoms with Gasteiger partial charge in [0, 0.05) is 45.8 Å². The van der Waals surface area contributed by atoms with Gasteiger partial charge >= 0.3 is 11.9 Å². The van der Waals surface area contributed by atoms with Gasteiger partial charge in [0.05, 0.1) is 13.1 Å². The fraction of sp³-hybridized carbons (Fsp3) is 0.500. The first-order valence-electron chi connectivity index (χ1n) is 9.49. The Kier molecular flexibility index (Phi) is 4.55. The maximum atomic E-state index is 13.1. The number of likely N-dealkylation sites (N-methyl/N-ethyl adjacent to an activating group) is 1. The number of piperidine rings is 1. The lowest BCUT2D eigenvalue weighted by Gasteiger charge is -2.50. The summed E-state index contributed by atoms with van der Waals surface area (Å²) in [5.74, 6) is -0.821. The van der Waals surface area contributed by atoms with E-state index >= 15 is 0 Å². The van der Waals surface area contributed by atoms with E-state index in [1.54, 1.807) is 66.9 Å². The molecule has 2 aromatic rings. The Morgan fingerprint density at radius 2 is 1.57 bits per heavy atom. The van der Waals surface area contributed by atoms with Crippen LogP contribution in [0.4, 0.5) is 0 Å². The van der Waals surface area contributed by atoms with Gasteiger partial charge in [-0.05, 0) is 24.3 Å². The standard InChI is InChI=1S/C20H25N3O5/c1-21-8-4-6-15(21)19(24)27-14-10-13-11-18(17(12-14)23(13,3)26)28-20(25)16-7-5-9-22(16)2/h4-9,13-14,17-18H,10-12H2,1-3H3/t13-,14+,17+,18+,23?/m1/s1. The van der Waals surface area contributed by atoms with Gasteiger partial charge in [-0.1, -0.05) is 0 Å². The molecule has 0 N–H and O–H groups in total. The van der Waals surface area contributed by atoms with Gasteiger partial charge in [-0.2, -0.15) is 0 Å². The number of fused-ring (bicyclic) bond motifs is 2. The zero-order valence-electron chi connectivity index (χ0n) is 16.3. The number of nitrogens with zero attached hydrogens (tertiary/aromatic N) is 3. The summed E-state index contributed by atoms with van der Waals surface area (Å²) in [4.78, 5) is 24.9. The number of carbonyl (C=O) groups excluding carboxylic acids is 2. The summed E-state index contributed by atoms with van der Waals surface area (Å²) in [6.07, 6.45) is 4.08. The second kappa shape index (κ2) is 6.79. The molecule has 0 radical (unpaired) electrons. The molecule has 8 heteroatoms. The first kappa shape index (κ1) is 18.8. The second-order valence-electron chi connectivity index (χ2n) is 7.97. The molecule has 0 spiro atoms. The Bertz CT molecular complexity index is 897. The molecule has 4 heterocycles. The zero-order chi connectivity index (χ0) is 20.1. The van der Waals surface area contributed by atoms with Crippen molar-refractivity contribution in [3.63, 3.8) is 0 Å². The van der Waals surface area contributed by atoms with E-state index in [1.165, 1.54) is 0 Å². The summed E-state index contributed by atoms with van der Waals surface area (Å²) >= 11 is 0. The molecule has 150 valence electrons. The molecular weight excluding hydrogens is 362 g/mol. The quantitative estimate of drug-likeness (QED) is 0.455. The summed E-state index contributed by atoms with van der Waals surface area (Å²) in [5.41, 5.74) is 0.928. The van der Waals surface area contributed by atoms with Gasteiger partial charge in [0.25, 0.3) is 0 Å². The Morgan fingerprint density at radius 1 is 1.00 bits per heavy atom. The number of carbonyl (C=O) groups is 2. The number of hydrogen-bond donors (Lipinski definition) is 0. The Morgan fingerprint density at radius 3 is 2.11 bits per heavy atom. The monoisotopic (exact) mass is 387 g/mol. The largest absolute Gasteiger partial charge is 0.632 e. The van der Waals surface area contributed by atoms with Crippen LogP contribution in [0.5, 0.6) is 0 Å². The molecule has 2 aliphatic rings. The third-order valence-electron chi connectivity index (χ3n) is 6.19. The highest BCUT2D eigenvalue weighted by Crippen LogP contribution is 2.43. The van der Waals surface area contributed by atoms with E-state index in [9.17, 15) is 14.8 Å². The van der Waals surface area contributed by atoms with E-state index in [2.05, 4.69) is 0 Å². The summed E-state index contributed by atoms with van der Waals surface area (Å²) in [6.45, 7) is 0. The topological polar surface area (TPSA) is 85.5 Å².